The van der Waals surface area contributed by atoms with Crippen LogP contribution in [0.15, 0.2) is 24.3 Å². The Morgan fingerprint density at radius 1 is 1.18 bits per heavy atom. The van der Waals surface area contributed by atoms with Crippen molar-refractivity contribution < 1.29 is 19.4 Å². The molecule has 2 bridgehead atoms. The van der Waals surface area contributed by atoms with Crippen molar-refractivity contribution in [3.8, 4) is 0 Å². The van der Waals surface area contributed by atoms with Gasteiger partial charge in [0.2, 0.25) is 0 Å². The van der Waals surface area contributed by atoms with E-state index in [4.69, 9.17) is 4.74 Å². The van der Waals surface area contributed by atoms with Crippen molar-refractivity contribution in [2.75, 3.05) is 0 Å². The zero-order valence-electron chi connectivity index (χ0n) is 13.2. The fourth-order valence-electron chi connectivity index (χ4n) is 4.51. The second kappa shape index (κ2) is 4.83. The summed E-state index contributed by atoms with van der Waals surface area (Å²) in [5.74, 6) is -1.35. The van der Waals surface area contributed by atoms with Crippen molar-refractivity contribution >= 4 is 11.9 Å². The third kappa shape index (κ3) is 2.31. The predicted octanol–water partition coefficient (Wildman–Crippen LogP) is 2.42. The highest BCUT2D eigenvalue weighted by atomic mass is 16.5. The maximum Gasteiger partial charge on any atom is 0.339 e. The third-order valence-electron chi connectivity index (χ3n) is 5.57. The van der Waals surface area contributed by atoms with E-state index in [0.29, 0.717) is 11.3 Å². The number of benzene rings is 1. The number of esters is 1. The molecule has 2 aliphatic rings. The molecule has 0 aromatic heterocycles. The van der Waals surface area contributed by atoms with Crippen LogP contribution in [0, 0.1) is 16.7 Å². The smallest absolute Gasteiger partial charge is 0.339 e. The van der Waals surface area contributed by atoms with Crippen molar-refractivity contribution in [2.45, 2.75) is 46.1 Å². The van der Waals surface area contributed by atoms with Gasteiger partial charge in [-0.25, -0.2) is 4.79 Å². The van der Waals surface area contributed by atoms with Gasteiger partial charge in [-0.3, -0.25) is 0 Å². The summed E-state index contributed by atoms with van der Waals surface area (Å²) in [6.45, 7) is 6.71. The highest BCUT2D eigenvalue weighted by Gasteiger charge is 2.58. The molecule has 0 unspecified atom stereocenters. The Kier molecular flexibility index (Phi) is 3.31. The van der Waals surface area contributed by atoms with E-state index in [9.17, 15) is 14.7 Å². The van der Waals surface area contributed by atoms with Crippen LogP contribution in [-0.4, -0.2) is 18.0 Å². The quantitative estimate of drug-likeness (QED) is 0.804. The lowest BCUT2D eigenvalue weighted by Crippen LogP contribution is -2.37. The van der Waals surface area contributed by atoms with E-state index in [0.717, 1.165) is 19.3 Å². The standard InChI is InChI=1S/C18H22O4/c1-17(2)10-18(3)9-11(17)8-14(18)22-16(21)13-7-5-4-6-12(13)15(19)20/h4-7,11,14H,8-10H2,1-3H3,(H,19,20)/p-1/t11-,14+,18+/m0/s1. The fourth-order valence-corrected chi connectivity index (χ4v) is 4.51. The maximum atomic E-state index is 12.4. The van der Waals surface area contributed by atoms with Gasteiger partial charge in [0.05, 0.1) is 11.5 Å². The SMILES string of the molecule is CC1(C)C[C@@]2(C)C[C@@H]1C[C@H]2OC(=O)c1ccccc1C(=O)[O-]. The van der Waals surface area contributed by atoms with Crippen molar-refractivity contribution in [1.29, 1.82) is 0 Å². The molecule has 1 aromatic rings. The number of carbonyl (C=O) groups excluding carboxylic acids is 2. The van der Waals surface area contributed by atoms with Gasteiger partial charge in [0.25, 0.3) is 0 Å². The van der Waals surface area contributed by atoms with Crippen LogP contribution < -0.4 is 5.11 Å². The number of hydrogen-bond acceptors (Lipinski definition) is 4. The molecular formula is C18H21O4-. The topological polar surface area (TPSA) is 66.4 Å². The molecule has 0 heterocycles. The number of carboxylic acids is 1. The largest absolute Gasteiger partial charge is 0.545 e. The lowest BCUT2D eigenvalue weighted by Gasteiger charge is -2.38. The van der Waals surface area contributed by atoms with Gasteiger partial charge in [-0.15, -0.1) is 0 Å². The molecule has 3 rings (SSSR count). The lowest BCUT2D eigenvalue weighted by molar-refractivity contribution is -0.255. The molecule has 0 amide bonds. The van der Waals surface area contributed by atoms with Gasteiger partial charge < -0.3 is 14.6 Å². The molecule has 0 N–H and O–H groups in total. The number of carbonyl (C=O) groups is 2. The minimum absolute atomic E-state index is 0.000242. The Labute approximate surface area is 130 Å². The second-order valence-electron chi connectivity index (χ2n) is 7.68. The van der Waals surface area contributed by atoms with Gasteiger partial charge in [-0.1, -0.05) is 39.0 Å². The normalized spacial score (nSPS) is 32.0. The van der Waals surface area contributed by atoms with E-state index in [1.807, 2.05) is 0 Å². The van der Waals surface area contributed by atoms with E-state index < -0.39 is 11.9 Å². The van der Waals surface area contributed by atoms with E-state index in [1.165, 1.54) is 12.1 Å². The number of carboxylic acid groups (broad SMARTS) is 1. The minimum Gasteiger partial charge on any atom is -0.545 e. The Balaban J connectivity index is 1.79. The predicted molar refractivity (Wildman–Crippen MR) is 79.2 cm³/mol. The van der Waals surface area contributed by atoms with E-state index in [-0.39, 0.29) is 22.6 Å². The molecule has 2 aliphatic carbocycles. The van der Waals surface area contributed by atoms with Crippen LogP contribution >= 0.6 is 0 Å². The van der Waals surface area contributed by atoms with Crippen molar-refractivity contribution in [3.63, 3.8) is 0 Å². The Morgan fingerprint density at radius 3 is 2.32 bits per heavy atom. The van der Waals surface area contributed by atoms with Gasteiger partial charge in [0.15, 0.2) is 0 Å². The zero-order valence-corrected chi connectivity index (χ0v) is 13.2. The summed E-state index contributed by atoms with van der Waals surface area (Å²) in [6.07, 6.45) is 2.83. The van der Waals surface area contributed by atoms with Crippen LogP contribution in [-0.2, 0) is 4.74 Å². The molecule has 4 nitrogen and oxygen atoms in total. The van der Waals surface area contributed by atoms with Gasteiger partial charge >= 0.3 is 5.97 Å². The minimum atomic E-state index is -1.35. The average Bonchev–Trinajstić information content (AvgIpc) is 2.86. The van der Waals surface area contributed by atoms with Gasteiger partial charge in [-0.05, 0) is 36.7 Å². The highest BCUT2D eigenvalue weighted by molar-refractivity contribution is 6.01. The summed E-state index contributed by atoms with van der Waals surface area (Å²) in [6, 6.07) is 6.06. The molecule has 3 atom stereocenters. The summed E-state index contributed by atoms with van der Waals surface area (Å²) >= 11 is 0. The Morgan fingerprint density at radius 2 is 1.82 bits per heavy atom. The highest BCUT2D eigenvalue weighted by Crippen LogP contribution is 2.63. The number of aromatic carboxylic acids is 1. The molecule has 2 fully saturated rings. The summed E-state index contributed by atoms with van der Waals surface area (Å²) < 4.78 is 5.69. The first kappa shape index (κ1) is 15.1. The summed E-state index contributed by atoms with van der Waals surface area (Å²) in [5, 5.41) is 11.1. The molecule has 4 heteroatoms. The monoisotopic (exact) mass is 301 g/mol. The van der Waals surface area contributed by atoms with Crippen LogP contribution in [0.3, 0.4) is 0 Å². The van der Waals surface area contributed by atoms with Gasteiger partial charge in [0, 0.05) is 11.0 Å². The number of ether oxygens (including phenoxy) is 1. The molecular weight excluding hydrogens is 280 g/mol. The molecule has 1 aromatic carbocycles. The first-order valence-electron chi connectivity index (χ1n) is 7.74. The molecule has 0 aliphatic heterocycles. The summed E-state index contributed by atoms with van der Waals surface area (Å²) in [4.78, 5) is 23.5. The zero-order chi connectivity index (χ0) is 16.1. The lowest BCUT2D eigenvalue weighted by atomic mass is 9.71. The van der Waals surface area contributed by atoms with Crippen LogP contribution in [0.5, 0.6) is 0 Å². The number of hydrogen-bond donors (Lipinski definition) is 0. The van der Waals surface area contributed by atoms with Crippen LogP contribution in [0.1, 0.15) is 60.7 Å². The Hall–Kier alpha value is -1.84. The molecule has 22 heavy (non-hydrogen) atoms. The van der Waals surface area contributed by atoms with Crippen molar-refractivity contribution in [1.82, 2.24) is 0 Å². The molecule has 2 saturated carbocycles. The van der Waals surface area contributed by atoms with Crippen molar-refractivity contribution in [3.05, 3.63) is 35.4 Å². The molecule has 0 spiro atoms. The van der Waals surface area contributed by atoms with Crippen LogP contribution in [0.2, 0.25) is 0 Å². The molecule has 0 radical (unpaired) electrons. The van der Waals surface area contributed by atoms with Crippen LogP contribution in [0.4, 0.5) is 0 Å². The van der Waals surface area contributed by atoms with Gasteiger partial charge in [0.1, 0.15) is 6.10 Å². The third-order valence-corrected chi connectivity index (χ3v) is 5.57. The Bertz CT molecular complexity index is 634. The molecule has 118 valence electrons. The maximum absolute atomic E-state index is 12.4. The van der Waals surface area contributed by atoms with Gasteiger partial charge in [-0.2, -0.15) is 0 Å². The summed E-state index contributed by atoms with van der Waals surface area (Å²) in [7, 11) is 0. The van der Waals surface area contributed by atoms with E-state index in [2.05, 4.69) is 20.8 Å². The second-order valence-corrected chi connectivity index (χ2v) is 7.68. The number of rotatable bonds is 3. The molecule has 0 saturated heterocycles. The fraction of sp³-hybridized carbons (Fsp3) is 0.556. The van der Waals surface area contributed by atoms with Crippen LogP contribution in [0.25, 0.3) is 0 Å². The summed E-state index contributed by atoms with van der Waals surface area (Å²) in [5.41, 5.74) is 0.259. The first-order chi connectivity index (χ1) is 10.2. The van der Waals surface area contributed by atoms with Crippen molar-refractivity contribution in [2.24, 2.45) is 16.7 Å². The first-order valence-corrected chi connectivity index (χ1v) is 7.74. The van der Waals surface area contributed by atoms with E-state index in [1.54, 1.807) is 12.1 Å². The number of fused-ring (bicyclic) bond motifs is 2. The average molecular weight is 301 g/mol. The van der Waals surface area contributed by atoms with E-state index >= 15 is 0 Å².